The molecule has 2 heteroatoms. The molecule has 17 heavy (non-hydrogen) atoms. The van der Waals surface area contributed by atoms with E-state index in [9.17, 15) is 0 Å². The summed E-state index contributed by atoms with van der Waals surface area (Å²) in [5.41, 5.74) is 6.14. The topological polar surface area (TPSA) is 29.3 Å². The van der Waals surface area contributed by atoms with E-state index in [1.807, 2.05) is 0 Å². The van der Waals surface area contributed by atoms with Crippen LogP contribution >= 0.6 is 0 Å². The van der Waals surface area contributed by atoms with Crippen LogP contribution in [-0.2, 0) is 0 Å². The second-order valence-electron chi connectivity index (χ2n) is 7.83. The van der Waals surface area contributed by atoms with Crippen molar-refractivity contribution in [2.24, 2.45) is 29.4 Å². The zero-order chi connectivity index (χ0) is 12.2. The third kappa shape index (κ3) is 2.26. The van der Waals surface area contributed by atoms with Gasteiger partial charge in [-0.05, 0) is 76.7 Å². The lowest BCUT2D eigenvalue weighted by molar-refractivity contribution is -0.0609. The van der Waals surface area contributed by atoms with Crippen molar-refractivity contribution in [3.8, 4) is 0 Å². The molecule has 0 aromatic rings. The van der Waals surface area contributed by atoms with Crippen LogP contribution < -0.4 is 5.73 Å². The highest BCUT2D eigenvalue weighted by atomic mass is 15.2. The first-order valence-electron chi connectivity index (χ1n) is 7.41. The van der Waals surface area contributed by atoms with Crippen molar-refractivity contribution in [2.45, 2.75) is 57.5 Å². The van der Waals surface area contributed by atoms with Crippen LogP contribution in [0.3, 0.4) is 0 Å². The number of rotatable bonds is 3. The molecule has 4 bridgehead atoms. The van der Waals surface area contributed by atoms with Gasteiger partial charge in [-0.25, -0.2) is 0 Å². The highest BCUT2D eigenvalue weighted by molar-refractivity contribution is 5.02. The molecular formula is C15H28N2. The molecule has 0 spiro atoms. The van der Waals surface area contributed by atoms with Gasteiger partial charge in [0.05, 0.1) is 0 Å². The minimum atomic E-state index is -0.0522. The average molecular weight is 236 g/mol. The molecule has 4 aliphatic rings. The highest BCUT2D eigenvalue weighted by Crippen LogP contribution is 2.54. The van der Waals surface area contributed by atoms with Crippen LogP contribution in [0.5, 0.6) is 0 Å². The molecule has 0 amide bonds. The van der Waals surface area contributed by atoms with E-state index in [4.69, 9.17) is 5.73 Å². The number of nitrogens with zero attached hydrogens (tertiary/aromatic N) is 1. The molecule has 0 aromatic heterocycles. The Hall–Kier alpha value is -0.0800. The van der Waals surface area contributed by atoms with Crippen molar-refractivity contribution in [3.63, 3.8) is 0 Å². The van der Waals surface area contributed by atoms with E-state index in [0.717, 1.165) is 36.3 Å². The van der Waals surface area contributed by atoms with E-state index in [1.165, 1.54) is 25.7 Å². The molecule has 4 saturated carbocycles. The lowest BCUT2D eigenvalue weighted by Crippen LogP contribution is -2.58. The fourth-order valence-corrected chi connectivity index (χ4v) is 5.36. The first kappa shape index (κ1) is 12.0. The molecule has 4 fully saturated rings. The van der Waals surface area contributed by atoms with Gasteiger partial charge < -0.3 is 10.6 Å². The second kappa shape index (κ2) is 3.96. The van der Waals surface area contributed by atoms with Crippen molar-refractivity contribution in [3.05, 3.63) is 0 Å². The summed E-state index contributed by atoms with van der Waals surface area (Å²) in [5.74, 6) is 4.12. The van der Waals surface area contributed by atoms with Crippen LogP contribution in [0.25, 0.3) is 0 Å². The van der Waals surface area contributed by atoms with Crippen molar-refractivity contribution in [1.29, 1.82) is 0 Å². The number of likely N-dealkylation sites (N-methyl/N-ethyl adjacent to an activating group) is 1. The van der Waals surface area contributed by atoms with Crippen LogP contribution in [0.2, 0.25) is 0 Å². The lowest BCUT2D eigenvalue weighted by Gasteiger charge is -2.57. The van der Waals surface area contributed by atoms with E-state index >= 15 is 0 Å². The van der Waals surface area contributed by atoms with E-state index in [0.29, 0.717) is 0 Å². The fraction of sp³-hybridized carbons (Fsp3) is 1.00. The van der Waals surface area contributed by atoms with Gasteiger partial charge in [-0.3, -0.25) is 0 Å². The summed E-state index contributed by atoms with van der Waals surface area (Å²) in [7, 11) is 2.31. The van der Waals surface area contributed by atoms with E-state index in [-0.39, 0.29) is 5.54 Å². The van der Waals surface area contributed by atoms with Gasteiger partial charge in [-0.15, -0.1) is 0 Å². The normalized spacial score (nSPS) is 44.6. The van der Waals surface area contributed by atoms with Crippen LogP contribution in [0.4, 0.5) is 0 Å². The smallest absolute Gasteiger partial charge is 0.0226 e. The monoisotopic (exact) mass is 236 g/mol. The molecule has 0 saturated heterocycles. The fourth-order valence-electron chi connectivity index (χ4n) is 5.36. The van der Waals surface area contributed by atoms with Crippen LogP contribution in [-0.4, -0.2) is 30.1 Å². The standard InChI is InChI=1S/C15H28N2/c1-15(2,16)9-17(3)14-12-5-10-4-11(7-12)8-13(14)6-10/h10-14H,4-9,16H2,1-3H3. The van der Waals surface area contributed by atoms with Gasteiger partial charge in [-0.2, -0.15) is 0 Å². The Morgan fingerprint density at radius 1 is 1.00 bits per heavy atom. The van der Waals surface area contributed by atoms with E-state index in [2.05, 4.69) is 25.8 Å². The zero-order valence-corrected chi connectivity index (χ0v) is 11.7. The Morgan fingerprint density at radius 3 is 1.88 bits per heavy atom. The minimum Gasteiger partial charge on any atom is -0.324 e. The molecule has 4 aliphatic carbocycles. The Kier molecular flexibility index (Phi) is 2.79. The van der Waals surface area contributed by atoms with Crippen molar-refractivity contribution < 1.29 is 0 Å². The molecule has 0 atom stereocenters. The van der Waals surface area contributed by atoms with Gasteiger partial charge in [0.2, 0.25) is 0 Å². The van der Waals surface area contributed by atoms with Gasteiger partial charge >= 0.3 is 0 Å². The molecule has 0 radical (unpaired) electrons. The summed E-state index contributed by atoms with van der Waals surface area (Å²) in [6, 6.07) is 0.839. The minimum absolute atomic E-state index is 0.0522. The molecule has 0 unspecified atom stereocenters. The quantitative estimate of drug-likeness (QED) is 0.815. The predicted molar refractivity (Wildman–Crippen MR) is 71.7 cm³/mol. The molecule has 0 heterocycles. The summed E-state index contributed by atoms with van der Waals surface area (Å²) in [5, 5.41) is 0. The SMILES string of the molecule is CN(CC(C)(C)N)C1C2CC3CC(C2)CC1C3. The predicted octanol–water partition coefficient (Wildman–Crippen LogP) is 2.48. The molecule has 4 rings (SSSR count). The van der Waals surface area contributed by atoms with Crippen LogP contribution in [0.1, 0.15) is 46.0 Å². The maximum absolute atomic E-state index is 6.19. The van der Waals surface area contributed by atoms with Crippen molar-refractivity contribution >= 4 is 0 Å². The van der Waals surface area contributed by atoms with Gasteiger partial charge in [0, 0.05) is 18.1 Å². The number of hydrogen-bond donors (Lipinski definition) is 1. The third-order valence-corrected chi connectivity index (χ3v) is 5.34. The highest BCUT2D eigenvalue weighted by Gasteiger charge is 2.49. The lowest BCUT2D eigenvalue weighted by atomic mass is 9.54. The summed E-state index contributed by atoms with van der Waals surface area (Å²) < 4.78 is 0. The molecular weight excluding hydrogens is 208 g/mol. The maximum Gasteiger partial charge on any atom is 0.0226 e. The molecule has 2 N–H and O–H groups in total. The van der Waals surface area contributed by atoms with Crippen LogP contribution in [0, 0.1) is 23.7 Å². The molecule has 0 aliphatic heterocycles. The average Bonchev–Trinajstić information content (AvgIpc) is 2.11. The second-order valence-corrected chi connectivity index (χ2v) is 7.83. The largest absolute Gasteiger partial charge is 0.324 e. The van der Waals surface area contributed by atoms with Crippen molar-refractivity contribution in [2.75, 3.05) is 13.6 Å². The third-order valence-electron chi connectivity index (χ3n) is 5.34. The van der Waals surface area contributed by atoms with Gasteiger partial charge in [0.1, 0.15) is 0 Å². The Bertz CT molecular complexity index is 264. The maximum atomic E-state index is 6.19. The van der Waals surface area contributed by atoms with E-state index in [1.54, 1.807) is 6.42 Å². The summed E-state index contributed by atoms with van der Waals surface area (Å²) >= 11 is 0. The first-order valence-corrected chi connectivity index (χ1v) is 7.41. The Balaban J connectivity index is 1.71. The number of hydrogen-bond acceptors (Lipinski definition) is 2. The van der Waals surface area contributed by atoms with Crippen LogP contribution in [0.15, 0.2) is 0 Å². The Morgan fingerprint density at radius 2 is 1.47 bits per heavy atom. The summed E-state index contributed by atoms with van der Waals surface area (Å²) in [6.45, 7) is 5.35. The van der Waals surface area contributed by atoms with Gasteiger partial charge in [0.25, 0.3) is 0 Å². The van der Waals surface area contributed by atoms with E-state index < -0.39 is 0 Å². The zero-order valence-electron chi connectivity index (χ0n) is 11.7. The van der Waals surface area contributed by atoms with Gasteiger partial charge in [-0.1, -0.05) is 0 Å². The summed E-state index contributed by atoms with van der Waals surface area (Å²) in [6.07, 6.45) is 7.58. The summed E-state index contributed by atoms with van der Waals surface area (Å²) in [4.78, 5) is 2.59. The van der Waals surface area contributed by atoms with Gasteiger partial charge in [0.15, 0.2) is 0 Å². The van der Waals surface area contributed by atoms with Crippen molar-refractivity contribution in [1.82, 2.24) is 4.90 Å². The molecule has 2 nitrogen and oxygen atoms in total. The molecule has 98 valence electrons. The number of nitrogens with two attached hydrogens (primary N) is 1. The first-order chi connectivity index (χ1) is 7.92. The Labute approximate surface area is 106 Å². The molecule has 0 aromatic carbocycles.